The molecule has 2 N–H and O–H groups in total. The van der Waals surface area contributed by atoms with Gasteiger partial charge in [-0.3, -0.25) is 4.99 Å². The molecule has 0 spiro atoms. The maximum absolute atomic E-state index is 5.43. The Balaban J connectivity index is 0.00000225. The molecular weight excluding hydrogens is 429 g/mol. The van der Waals surface area contributed by atoms with Crippen LogP contribution in [-0.2, 0) is 19.4 Å². The lowest BCUT2D eigenvalue weighted by atomic mass is 10.1. The van der Waals surface area contributed by atoms with Gasteiger partial charge in [0.05, 0.1) is 5.69 Å². The Bertz CT molecular complexity index is 548. The summed E-state index contributed by atoms with van der Waals surface area (Å²) in [6.07, 6.45) is 5.87. The molecule has 7 heteroatoms. The van der Waals surface area contributed by atoms with E-state index in [4.69, 9.17) is 4.52 Å². The second-order valence-corrected chi connectivity index (χ2v) is 6.93. The van der Waals surface area contributed by atoms with Crippen LogP contribution in [-0.4, -0.2) is 48.7 Å². The van der Waals surface area contributed by atoms with Crippen LogP contribution < -0.4 is 10.6 Å². The third kappa shape index (κ3) is 5.32. The summed E-state index contributed by atoms with van der Waals surface area (Å²) >= 11 is 0. The summed E-state index contributed by atoms with van der Waals surface area (Å²) in [6, 6.07) is 0.890. The first kappa shape index (κ1) is 20.5. The van der Waals surface area contributed by atoms with Crippen LogP contribution in [0.3, 0.4) is 0 Å². The number of nitrogens with one attached hydrogen (secondary N) is 2. The molecule has 0 amide bonds. The van der Waals surface area contributed by atoms with Crippen molar-refractivity contribution in [3.8, 4) is 0 Å². The first-order valence-corrected chi connectivity index (χ1v) is 9.40. The van der Waals surface area contributed by atoms with Crippen molar-refractivity contribution in [1.82, 2.24) is 20.7 Å². The number of likely N-dealkylation sites (tertiary alicyclic amines) is 1. The number of aromatic nitrogens is 1. The molecule has 1 unspecified atom stereocenters. The second-order valence-electron chi connectivity index (χ2n) is 6.93. The molecule has 3 rings (SSSR count). The van der Waals surface area contributed by atoms with Crippen LogP contribution in [0.1, 0.15) is 50.1 Å². The third-order valence-electron chi connectivity index (χ3n) is 5.20. The smallest absolute Gasteiger partial charge is 0.191 e. The first-order chi connectivity index (χ1) is 11.7. The third-order valence-corrected chi connectivity index (χ3v) is 5.20. The normalized spacial score (nSPS) is 21.2. The molecule has 0 bridgehead atoms. The highest BCUT2D eigenvalue weighted by atomic mass is 127. The minimum atomic E-state index is 0. The summed E-state index contributed by atoms with van der Waals surface area (Å²) in [5, 5.41) is 11.1. The van der Waals surface area contributed by atoms with E-state index in [2.05, 4.69) is 39.5 Å². The molecule has 0 aromatic carbocycles. The summed E-state index contributed by atoms with van der Waals surface area (Å²) < 4.78 is 5.43. The van der Waals surface area contributed by atoms with Crippen LogP contribution >= 0.6 is 24.0 Å². The zero-order valence-corrected chi connectivity index (χ0v) is 18.0. The van der Waals surface area contributed by atoms with E-state index in [-0.39, 0.29) is 24.0 Å². The highest BCUT2D eigenvalue weighted by molar-refractivity contribution is 14.0. The Morgan fingerprint density at radius 3 is 2.68 bits per heavy atom. The fourth-order valence-electron chi connectivity index (χ4n) is 3.57. The number of nitrogens with zero attached hydrogens (tertiary/aromatic N) is 3. The van der Waals surface area contributed by atoms with Crippen LogP contribution in [0.25, 0.3) is 0 Å². The summed E-state index contributed by atoms with van der Waals surface area (Å²) in [4.78, 5) is 7.01. The molecule has 2 aliphatic rings. The fourth-order valence-corrected chi connectivity index (χ4v) is 3.57. The van der Waals surface area contributed by atoms with Gasteiger partial charge >= 0.3 is 0 Å². The Hall–Kier alpha value is -0.830. The van der Waals surface area contributed by atoms with E-state index < -0.39 is 0 Å². The van der Waals surface area contributed by atoms with E-state index in [1.807, 2.05) is 7.05 Å². The average molecular weight is 461 g/mol. The molecule has 1 atom stereocenters. The number of halogens is 1. The Labute approximate surface area is 168 Å². The first-order valence-electron chi connectivity index (χ1n) is 9.40. The lowest BCUT2D eigenvalue weighted by Gasteiger charge is -2.17. The van der Waals surface area contributed by atoms with Crippen molar-refractivity contribution >= 4 is 29.9 Å². The van der Waals surface area contributed by atoms with Crippen LogP contribution in [0.5, 0.6) is 0 Å². The lowest BCUT2D eigenvalue weighted by Crippen LogP contribution is -2.40. The zero-order valence-electron chi connectivity index (χ0n) is 15.7. The molecule has 1 aromatic heterocycles. The van der Waals surface area contributed by atoms with Crippen molar-refractivity contribution in [2.45, 2.75) is 58.5 Å². The predicted molar refractivity (Wildman–Crippen MR) is 112 cm³/mol. The average Bonchev–Trinajstić information content (AvgIpc) is 3.21. The molecular formula is C18H32IN5O. The maximum Gasteiger partial charge on any atom is 0.191 e. The quantitative estimate of drug-likeness (QED) is 0.371. The lowest BCUT2D eigenvalue weighted by molar-refractivity contribution is 0.314. The summed E-state index contributed by atoms with van der Waals surface area (Å²) in [6.45, 7) is 8.42. The second kappa shape index (κ2) is 9.75. The SMILES string of the molecule is CCc1noc(CC)c1CNC(=NC)NCC1CCN(C2CC2)C1.I. The Kier molecular flexibility index (Phi) is 7.99. The highest BCUT2D eigenvalue weighted by Crippen LogP contribution is 2.31. The van der Waals surface area contributed by atoms with E-state index in [1.54, 1.807) is 0 Å². The van der Waals surface area contributed by atoms with Crippen molar-refractivity contribution in [1.29, 1.82) is 0 Å². The molecule has 0 radical (unpaired) electrons. The predicted octanol–water partition coefficient (Wildman–Crippen LogP) is 2.57. The summed E-state index contributed by atoms with van der Waals surface area (Å²) in [5.74, 6) is 2.58. The van der Waals surface area contributed by atoms with E-state index in [0.717, 1.165) is 48.8 Å². The Morgan fingerprint density at radius 1 is 1.24 bits per heavy atom. The largest absolute Gasteiger partial charge is 0.361 e. The monoisotopic (exact) mass is 461 g/mol. The highest BCUT2D eigenvalue weighted by Gasteiger charge is 2.34. The fraction of sp³-hybridized carbons (Fsp3) is 0.778. The number of rotatable bonds is 7. The molecule has 1 aliphatic carbocycles. The van der Waals surface area contributed by atoms with Crippen LogP contribution in [0.15, 0.2) is 9.52 Å². The minimum Gasteiger partial charge on any atom is -0.361 e. The molecule has 1 saturated heterocycles. The zero-order chi connectivity index (χ0) is 16.9. The van der Waals surface area contributed by atoms with Gasteiger partial charge in [-0.2, -0.15) is 0 Å². The number of hydrogen-bond acceptors (Lipinski definition) is 4. The van der Waals surface area contributed by atoms with Gasteiger partial charge in [-0.05, 0) is 38.1 Å². The summed E-state index contributed by atoms with van der Waals surface area (Å²) in [5.41, 5.74) is 2.23. The van der Waals surface area contributed by atoms with Crippen molar-refractivity contribution < 1.29 is 4.52 Å². The van der Waals surface area contributed by atoms with E-state index in [0.29, 0.717) is 6.54 Å². The van der Waals surface area contributed by atoms with Gasteiger partial charge in [0.15, 0.2) is 5.96 Å². The van der Waals surface area contributed by atoms with E-state index >= 15 is 0 Å². The van der Waals surface area contributed by atoms with Gasteiger partial charge in [-0.25, -0.2) is 0 Å². The van der Waals surface area contributed by atoms with Crippen LogP contribution in [0, 0.1) is 5.92 Å². The number of guanidine groups is 1. The molecule has 2 fully saturated rings. The number of aryl methyl sites for hydroxylation is 2. The van der Waals surface area contributed by atoms with E-state index in [1.165, 1.54) is 37.9 Å². The maximum atomic E-state index is 5.43. The van der Waals surface area contributed by atoms with Gasteiger partial charge in [-0.1, -0.05) is 19.0 Å². The van der Waals surface area contributed by atoms with Crippen molar-refractivity contribution in [2.75, 3.05) is 26.7 Å². The van der Waals surface area contributed by atoms with Gasteiger partial charge < -0.3 is 20.1 Å². The Morgan fingerprint density at radius 2 is 2.04 bits per heavy atom. The van der Waals surface area contributed by atoms with Crippen LogP contribution in [0.4, 0.5) is 0 Å². The van der Waals surface area contributed by atoms with Crippen molar-refractivity contribution in [3.63, 3.8) is 0 Å². The molecule has 142 valence electrons. The van der Waals surface area contributed by atoms with Gasteiger partial charge in [0.25, 0.3) is 0 Å². The standard InChI is InChI=1S/C18H31N5O.HI/c1-4-16-15(17(5-2)24-22-16)11-21-18(19-3)20-10-13-8-9-23(12-13)14-6-7-14;/h13-14H,4-12H2,1-3H3,(H2,19,20,21);1H. The van der Waals surface area contributed by atoms with Gasteiger partial charge in [-0.15, -0.1) is 24.0 Å². The number of aliphatic imine (C=N–C) groups is 1. The van der Waals surface area contributed by atoms with Gasteiger partial charge in [0.1, 0.15) is 5.76 Å². The number of hydrogen-bond donors (Lipinski definition) is 2. The molecule has 25 heavy (non-hydrogen) atoms. The molecule has 1 saturated carbocycles. The molecule has 6 nitrogen and oxygen atoms in total. The molecule has 2 heterocycles. The summed E-state index contributed by atoms with van der Waals surface area (Å²) in [7, 11) is 1.83. The van der Waals surface area contributed by atoms with Crippen LogP contribution in [0.2, 0.25) is 0 Å². The topological polar surface area (TPSA) is 65.7 Å². The van der Waals surface area contributed by atoms with Crippen molar-refractivity contribution in [3.05, 3.63) is 17.0 Å². The van der Waals surface area contributed by atoms with E-state index in [9.17, 15) is 0 Å². The van der Waals surface area contributed by atoms with Crippen molar-refractivity contribution in [2.24, 2.45) is 10.9 Å². The van der Waals surface area contributed by atoms with Gasteiger partial charge in [0, 0.05) is 44.7 Å². The molecule has 1 aromatic rings. The minimum absolute atomic E-state index is 0. The van der Waals surface area contributed by atoms with Gasteiger partial charge in [0.2, 0.25) is 0 Å². The molecule has 1 aliphatic heterocycles.